The average Bonchev–Trinajstić information content (AvgIpc) is 3.17. The number of aromatic amines is 1. The third kappa shape index (κ3) is 3.63. The predicted octanol–water partition coefficient (Wildman–Crippen LogP) is 6.22. The second-order valence-corrected chi connectivity index (χ2v) is 7.98. The number of pyridine rings is 1. The second kappa shape index (κ2) is 7.69. The first-order valence-electron chi connectivity index (χ1n) is 9.54. The molecule has 3 aromatic carbocycles. The number of ketones is 1. The molecule has 0 aliphatic heterocycles. The van der Waals surface area contributed by atoms with E-state index in [-0.39, 0.29) is 18.0 Å². The molecule has 0 saturated carbocycles. The molecule has 7 heteroatoms. The van der Waals surface area contributed by atoms with Gasteiger partial charge in [0.05, 0.1) is 33.1 Å². The Labute approximate surface area is 187 Å². The largest absolute Gasteiger partial charge is 0.506 e. The van der Waals surface area contributed by atoms with Crippen LogP contribution in [-0.2, 0) is 6.42 Å². The summed E-state index contributed by atoms with van der Waals surface area (Å²) in [7, 11) is 0. The van der Waals surface area contributed by atoms with E-state index in [0.717, 1.165) is 5.39 Å². The maximum Gasteiger partial charge on any atom is 0.168 e. The van der Waals surface area contributed by atoms with Gasteiger partial charge < -0.3 is 10.1 Å². The third-order valence-electron chi connectivity index (χ3n) is 5.10. The van der Waals surface area contributed by atoms with Crippen LogP contribution in [-0.4, -0.2) is 25.8 Å². The number of fused-ring (bicyclic) bond motifs is 2. The van der Waals surface area contributed by atoms with Crippen LogP contribution in [0.3, 0.4) is 0 Å². The summed E-state index contributed by atoms with van der Waals surface area (Å²) >= 11 is 12.6. The zero-order chi connectivity index (χ0) is 21.5. The Hall–Kier alpha value is -3.41. The molecule has 0 atom stereocenters. The number of rotatable bonds is 4. The van der Waals surface area contributed by atoms with E-state index in [2.05, 4.69) is 15.0 Å². The van der Waals surface area contributed by atoms with Gasteiger partial charge in [-0.25, -0.2) is 9.97 Å². The van der Waals surface area contributed by atoms with Crippen molar-refractivity contribution >= 4 is 50.9 Å². The minimum absolute atomic E-state index is 0.0869. The van der Waals surface area contributed by atoms with Gasteiger partial charge in [-0.15, -0.1) is 0 Å². The molecule has 0 aliphatic rings. The predicted molar refractivity (Wildman–Crippen MR) is 123 cm³/mol. The second-order valence-electron chi connectivity index (χ2n) is 7.17. The van der Waals surface area contributed by atoms with Gasteiger partial charge in [0, 0.05) is 16.6 Å². The van der Waals surface area contributed by atoms with Crippen LogP contribution in [0, 0.1) is 0 Å². The molecular weight excluding hydrogens is 433 g/mol. The van der Waals surface area contributed by atoms with E-state index in [0.29, 0.717) is 49.2 Å². The molecule has 5 rings (SSSR count). The van der Waals surface area contributed by atoms with Crippen LogP contribution in [0.4, 0.5) is 0 Å². The van der Waals surface area contributed by atoms with Crippen molar-refractivity contribution < 1.29 is 9.90 Å². The quantitative estimate of drug-likeness (QED) is 0.320. The SMILES string of the molecule is O=C(Cc1ccc2cccc(O)c2n1)c1ccc2nc(-c3c(Cl)cccc3Cl)[nH]c2c1. The molecule has 0 saturated heterocycles. The molecule has 0 fully saturated rings. The van der Waals surface area contributed by atoms with Crippen molar-refractivity contribution in [3.8, 4) is 17.1 Å². The molecular formula is C24H15Cl2N3O2. The highest BCUT2D eigenvalue weighted by atomic mass is 35.5. The molecule has 152 valence electrons. The molecule has 0 unspecified atom stereocenters. The molecule has 31 heavy (non-hydrogen) atoms. The highest BCUT2D eigenvalue weighted by Gasteiger charge is 2.15. The minimum Gasteiger partial charge on any atom is -0.506 e. The Kier molecular flexibility index (Phi) is 4.85. The van der Waals surface area contributed by atoms with Crippen LogP contribution >= 0.6 is 23.2 Å². The fourth-order valence-corrected chi connectivity index (χ4v) is 4.14. The Morgan fingerprint density at radius 2 is 1.71 bits per heavy atom. The molecule has 0 radical (unpaired) electrons. The summed E-state index contributed by atoms with van der Waals surface area (Å²) < 4.78 is 0. The average molecular weight is 448 g/mol. The molecule has 2 aromatic heterocycles. The van der Waals surface area contributed by atoms with Crippen molar-refractivity contribution in [1.29, 1.82) is 0 Å². The lowest BCUT2D eigenvalue weighted by atomic mass is 10.0. The van der Waals surface area contributed by atoms with Crippen molar-refractivity contribution in [2.45, 2.75) is 6.42 Å². The van der Waals surface area contributed by atoms with Gasteiger partial charge in [0.25, 0.3) is 0 Å². The van der Waals surface area contributed by atoms with Gasteiger partial charge in [-0.2, -0.15) is 0 Å². The number of phenolic OH excluding ortho intramolecular Hbond substituents is 1. The lowest BCUT2D eigenvalue weighted by Crippen LogP contribution is -2.05. The first kappa shape index (κ1) is 19.5. The van der Waals surface area contributed by atoms with Gasteiger partial charge in [-0.3, -0.25) is 4.79 Å². The smallest absolute Gasteiger partial charge is 0.168 e. The monoisotopic (exact) mass is 447 g/mol. The summed E-state index contributed by atoms with van der Waals surface area (Å²) in [4.78, 5) is 25.1. The van der Waals surface area contributed by atoms with E-state index in [1.54, 1.807) is 54.6 Å². The van der Waals surface area contributed by atoms with E-state index in [9.17, 15) is 9.90 Å². The number of aromatic hydroxyl groups is 1. The van der Waals surface area contributed by atoms with Crippen molar-refractivity contribution in [1.82, 2.24) is 15.0 Å². The normalized spacial score (nSPS) is 11.3. The first-order chi connectivity index (χ1) is 15.0. The summed E-state index contributed by atoms with van der Waals surface area (Å²) in [5.41, 5.74) is 3.64. The van der Waals surface area contributed by atoms with Crippen LogP contribution in [0.2, 0.25) is 10.0 Å². The van der Waals surface area contributed by atoms with Gasteiger partial charge in [-0.05, 0) is 42.5 Å². The van der Waals surface area contributed by atoms with Crippen molar-refractivity contribution in [2.24, 2.45) is 0 Å². The van der Waals surface area contributed by atoms with Crippen LogP contribution in [0.15, 0.2) is 66.7 Å². The number of halogens is 2. The van der Waals surface area contributed by atoms with Crippen LogP contribution in [0.25, 0.3) is 33.3 Å². The van der Waals surface area contributed by atoms with E-state index in [4.69, 9.17) is 23.2 Å². The summed E-state index contributed by atoms with van der Waals surface area (Å²) in [6.07, 6.45) is 0.118. The van der Waals surface area contributed by atoms with E-state index in [1.807, 2.05) is 12.1 Å². The number of imidazole rings is 1. The summed E-state index contributed by atoms with van der Waals surface area (Å²) in [5.74, 6) is 0.550. The molecule has 0 bridgehead atoms. The van der Waals surface area contributed by atoms with Gasteiger partial charge in [0.1, 0.15) is 17.1 Å². The van der Waals surface area contributed by atoms with Gasteiger partial charge in [0.2, 0.25) is 0 Å². The molecule has 0 spiro atoms. The maximum atomic E-state index is 12.9. The number of carbonyl (C=O) groups is 1. The molecule has 2 N–H and O–H groups in total. The number of phenols is 1. The number of aromatic nitrogens is 3. The van der Waals surface area contributed by atoms with Crippen LogP contribution < -0.4 is 0 Å². The van der Waals surface area contributed by atoms with Gasteiger partial charge in [-0.1, -0.05) is 47.5 Å². The molecule has 0 amide bonds. The zero-order valence-electron chi connectivity index (χ0n) is 16.1. The third-order valence-corrected chi connectivity index (χ3v) is 5.73. The van der Waals surface area contributed by atoms with Crippen molar-refractivity contribution in [2.75, 3.05) is 0 Å². The number of hydrogen-bond acceptors (Lipinski definition) is 4. The Morgan fingerprint density at radius 1 is 0.935 bits per heavy atom. The standard InChI is InChI=1S/C24H15Cl2N3O2/c25-16-4-2-5-17(26)22(16)24-28-18-10-8-14(11-19(18)29-24)21(31)12-15-9-7-13-3-1-6-20(30)23(13)27-15/h1-11,30H,12H2,(H,28,29). The van der Waals surface area contributed by atoms with E-state index in [1.165, 1.54) is 0 Å². The Morgan fingerprint density at radius 3 is 2.52 bits per heavy atom. The van der Waals surface area contributed by atoms with Crippen LogP contribution in [0.1, 0.15) is 16.1 Å². The summed E-state index contributed by atoms with van der Waals surface area (Å²) in [6, 6.07) is 19.4. The molecule has 2 heterocycles. The molecule has 5 aromatic rings. The Bertz CT molecular complexity index is 1460. The summed E-state index contributed by atoms with van der Waals surface area (Å²) in [6.45, 7) is 0. The number of nitrogens with one attached hydrogen (secondary N) is 1. The fourth-order valence-electron chi connectivity index (χ4n) is 3.56. The first-order valence-corrected chi connectivity index (χ1v) is 10.3. The van der Waals surface area contributed by atoms with Gasteiger partial charge >= 0.3 is 0 Å². The number of benzene rings is 3. The highest BCUT2D eigenvalue weighted by Crippen LogP contribution is 2.34. The fraction of sp³-hybridized carbons (Fsp3) is 0.0417. The van der Waals surface area contributed by atoms with Crippen molar-refractivity contribution in [3.63, 3.8) is 0 Å². The van der Waals surface area contributed by atoms with Crippen molar-refractivity contribution in [3.05, 3.63) is 88.0 Å². The number of H-pyrrole nitrogens is 1. The zero-order valence-corrected chi connectivity index (χ0v) is 17.6. The highest BCUT2D eigenvalue weighted by molar-refractivity contribution is 6.39. The number of hydrogen-bond donors (Lipinski definition) is 2. The number of nitrogens with zero attached hydrogens (tertiary/aromatic N) is 2. The molecule has 5 nitrogen and oxygen atoms in total. The number of Topliss-reactive ketones (excluding diaryl/α,β-unsaturated/α-hetero) is 1. The number of para-hydroxylation sites is 1. The maximum absolute atomic E-state index is 12.9. The minimum atomic E-state index is -0.0869. The van der Waals surface area contributed by atoms with Gasteiger partial charge in [0.15, 0.2) is 5.78 Å². The lowest BCUT2D eigenvalue weighted by molar-refractivity contribution is 0.0992. The van der Waals surface area contributed by atoms with E-state index < -0.39 is 0 Å². The lowest BCUT2D eigenvalue weighted by Gasteiger charge is -2.05. The Balaban J connectivity index is 1.46. The molecule has 0 aliphatic carbocycles. The van der Waals surface area contributed by atoms with Crippen LogP contribution in [0.5, 0.6) is 5.75 Å². The number of carbonyl (C=O) groups excluding carboxylic acids is 1. The topological polar surface area (TPSA) is 78.9 Å². The summed E-state index contributed by atoms with van der Waals surface area (Å²) in [5, 5.41) is 11.8. The van der Waals surface area contributed by atoms with E-state index >= 15 is 0 Å².